The van der Waals surface area contributed by atoms with Crippen LogP contribution in [-0.2, 0) is 24.9 Å². The number of aliphatic imine (C=N–C) groups is 1. The van der Waals surface area contributed by atoms with Gasteiger partial charge in [-0.2, -0.15) is 5.10 Å². The zero-order valence-corrected chi connectivity index (χ0v) is 22.7. The summed E-state index contributed by atoms with van der Waals surface area (Å²) in [7, 11) is 1.86. The third-order valence-corrected chi connectivity index (χ3v) is 5.01. The number of amides is 1. The molecule has 1 heterocycles. The largest absolute Gasteiger partial charge is 0.443 e. The molecule has 1 aromatic carbocycles. The van der Waals surface area contributed by atoms with Crippen LogP contribution in [-0.4, -0.2) is 45.0 Å². The molecule has 0 saturated heterocycles. The van der Waals surface area contributed by atoms with Crippen molar-refractivity contribution < 1.29 is 9.53 Å². The Morgan fingerprint density at radius 3 is 2.58 bits per heavy atom. The second kappa shape index (κ2) is 11.7. The molecule has 1 aromatic heterocycles. The molecule has 0 aliphatic heterocycles. The molecule has 2 N–H and O–H groups in total. The summed E-state index contributed by atoms with van der Waals surface area (Å²) < 4.78 is 7.38. The minimum atomic E-state index is -0.520. The quantitative estimate of drug-likeness (QED) is 0.299. The van der Waals surface area contributed by atoms with Gasteiger partial charge < -0.3 is 15.4 Å². The molecule has 0 unspecified atom stereocenters. The topological polar surface area (TPSA) is 96.7 Å². The number of benzene rings is 1. The number of carbonyl (C=O) groups is 1. The van der Waals surface area contributed by atoms with E-state index in [1.165, 1.54) is 6.33 Å². The Morgan fingerprint density at radius 1 is 1.30 bits per heavy atom. The molecule has 1 fully saturated rings. The fourth-order valence-electron chi connectivity index (χ4n) is 3.33. The average molecular weight is 569 g/mol. The van der Waals surface area contributed by atoms with Crippen molar-refractivity contribution in [2.45, 2.75) is 72.2 Å². The van der Waals surface area contributed by atoms with Gasteiger partial charge in [0, 0.05) is 19.6 Å². The number of halogens is 1. The third kappa shape index (κ3) is 7.86. The standard InChI is InChI=1S/C23H35N7O2.HI/c1-7-24-21(26-14-20-27-15-28-29(20)6)25-13-17-8-11-19(16(2)12-17)30(18-9-10-18)22(31)32-23(3,4)5;/h8,11-12,15,18H,7,9-10,13-14H2,1-6H3,(H2,24,25,26);1H. The first-order chi connectivity index (χ1) is 15.2. The second-order valence-electron chi connectivity index (χ2n) is 9.05. The van der Waals surface area contributed by atoms with Gasteiger partial charge in [0.2, 0.25) is 0 Å². The van der Waals surface area contributed by atoms with Crippen LogP contribution < -0.4 is 15.5 Å². The number of hydrogen-bond acceptors (Lipinski definition) is 5. The zero-order valence-electron chi connectivity index (χ0n) is 20.4. The number of anilines is 1. The average Bonchev–Trinajstić information content (AvgIpc) is 3.45. The maximum absolute atomic E-state index is 12.8. The summed E-state index contributed by atoms with van der Waals surface area (Å²) in [6, 6.07) is 6.34. The van der Waals surface area contributed by atoms with Gasteiger partial charge in [-0.15, -0.1) is 24.0 Å². The molecule has 1 aliphatic carbocycles. The van der Waals surface area contributed by atoms with Gasteiger partial charge in [-0.1, -0.05) is 12.1 Å². The van der Waals surface area contributed by atoms with Gasteiger partial charge in [0.1, 0.15) is 17.8 Å². The number of ether oxygens (including phenoxy) is 1. The van der Waals surface area contributed by atoms with Crippen molar-refractivity contribution in [2.24, 2.45) is 12.0 Å². The van der Waals surface area contributed by atoms with E-state index in [-0.39, 0.29) is 36.1 Å². The summed E-state index contributed by atoms with van der Waals surface area (Å²) in [4.78, 5) is 23.5. The molecular weight excluding hydrogens is 533 g/mol. The number of nitrogens with one attached hydrogen (secondary N) is 2. The molecule has 1 amide bonds. The molecule has 0 atom stereocenters. The third-order valence-electron chi connectivity index (χ3n) is 5.01. The van der Waals surface area contributed by atoms with Crippen LogP contribution in [0, 0.1) is 6.92 Å². The summed E-state index contributed by atoms with van der Waals surface area (Å²) in [6.07, 6.45) is 3.27. The van der Waals surface area contributed by atoms with Crippen LogP contribution in [0.1, 0.15) is 57.5 Å². The number of nitrogens with zero attached hydrogens (tertiary/aromatic N) is 5. The van der Waals surface area contributed by atoms with Crippen molar-refractivity contribution >= 4 is 41.7 Å². The highest BCUT2D eigenvalue weighted by Crippen LogP contribution is 2.35. The summed E-state index contributed by atoms with van der Waals surface area (Å²) >= 11 is 0. The van der Waals surface area contributed by atoms with Gasteiger partial charge in [0.15, 0.2) is 5.96 Å². The zero-order chi connectivity index (χ0) is 23.3. The van der Waals surface area contributed by atoms with Gasteiger partial charge >= 0.3 is 6.09 Å². The van der Waals surface area contributed by atoms with Crippen molar-refractivity contribution in [3.05, 3.63) is 41.5 Å². The van der Waals surface area contributed by atoms with E-state index in [2.05, 4.69) is 26.8 Å². The van der Waals surface area contributed by atoms with E-state index in [0.717, 1.165) is 42.0 Å². The van der Waals surface area contributed by atoms with Crippen LogP contribution in [0.4, 0.5) is 10.5 Å². The Bertz CT molecular complexity index is 964. The molecule has 0 radical (unpaired) electrons. The Labute approximate surface area is 213 Å². The summed E-state index contributed by atoms with van der Waals surface area (Å²) in [5.74, 6) is 1.55. The predicted octanol–water partition coefficient (Wildman–Crippen LogP) is 3.90. The van der Waals surface area contributed by atoms with E-state index in [1.807, 2.05) is 53.8 Å². The van der Waals surface area contributed by atoms with E-state index in [0.29, 0.717) is 19.0 Å². The molecule has 182 valence electrons. The van der Waals surface area contributed by atoms with Gasteiger partial charge in [-0.3, -0.25) is 9.58 Å². The van der Waals surface area contributed by atoms with Crippen molar-refractivity contribution in [3.8, 4) is 0 Å². The van der Waals surface area contributed by atoms with Crippen molar-refractivity contribution in [3.63, 3.8) is 0 Å². The van der Waals surface area contributed by atoms with E-state index in [1.54, 1.807) is 9.58 Å². The van der Waals surface area contributed by atoms with Crippen LogP contribution in [0.5, 0.6) is 0 Å². The Kier molecular flexibility index (Phi) is 9.50. The highest BCUT2D eigenvalue weighted by atomic mass is 127. The molecule has 0 spiro atoms. The molecule has 3 rings (SSSR count). The van der Waals surface area contributed by atoms with Gasteiger partial charge in [-0.25, -0.2) is 14.8 Å². The first-order valence-electron chi connectivity index (χ1n) is 11.1. The number of carbonyl (C=O) groups excluding carboxylic acids is 1. The smallest absolute Gasteiger partial charge is 0.415 e. The number of rotatable bonds is 7. The number of aryl methyl sites for hydroxylation is 2. The van der Waals surface area contributed by atoms with E-state index in [4.69, 9.17) is 9.73 Å². The highest BCUT2D eigenvalue weighted by Gasteiger charge is 2.37. The first-order valence-corrected chi connectivity index (χ1v) is 11.1. The van der Waals surface area contributed by atoms with E-state index in [9.17, 15) is 4.79 Å². The van der Waals surface area contributed by atoms with Crippen LogP contribution in [0.15, 0.2) is 29.5 Å². The number of hydrogen-bond donors (Lipinski definition) is 2. The lowest BCUT2D eigenvalue weighted by Crippen LogP contribution is -2.38. The molecular formula is C23H36IN7O2. The van der Waals surface area contributed by atoms with Crippen molar-refractivity contribution in [1.29, 1.82) is 0 Å². The monoisotopic (exact) mass is 569 g/mol. The molecule has 33 heavy (non-hydrogen) atoms. The normalized spacial score (nSPS) is 13.8. The SMILES string of the molecule is CCNC(=NCc1ccc(N(C(=O)OC(C)(C)C)C2CC2)c(C)c1)NCc1ncnn1C.I. The van der Waals surface area contributed by atoms with E-state index >= 15 is 0 Å². The second-order valence-corrected chi connectivity index (χ2v) is 9.05. The lowest BCUT2D eigenvalue weighted by Gasteiger charge is -2.28. The summed E-state index contributed by atoms with van der Waals surface area (Å²) in [6.45, 7) is 11.5. The van der Waals surface area contributed by atoms with Crippen LogP contribution in [0.25, 0.3) is 0 Å². The molecule has 1 saturated carbocycles. The Balaban J connectivity index is 0.00000385. The minimum Gasteiger partial charge on any atom is -0.443 e. The van der Waals surface area contributed by atoms with Crippen molar-refractivity contribution in [2.75, 3.05) is 11.4 Å². The van der Waals surface area contributed by atoms with Gasteiger partial charge in [0.05, 0.1) is 18.8 Å². The van der Waals surface area contributed by atoms with E-state index < -0.39 is 5.60 Å². The molecule has 9 nitrogen and oxygen atoms in total. The molecule has 0 bridgehead atoms. The maximum Gasteiger partial charge on any atom is 0.415 e. The lowest BCUT2D eigenvalue weighted by atomic mass is 10.1. The summed E-state index contributed by atoms with van der Waals surface area (Å²) in [5, 5.41) is 10.6. The number of aromatic nitrogens is 3. The van der Waals surface area contributed by atoms with Gasteiger partial charge in [-0.05, 0) is 64.7 Å². The minimum absolute atomic E-state index is 0. The van der Waals surface area contributed by atoms with Crippen LogP contribution in [0.3, 0.4) is 0 Å². The van der Waals surface area contributed by atoms with Crippen LogP contribution in [0.2, 0.25) is 0 Å². The maximum atomic E-state index is 12.8. The lowest BCUT2D eigenvalue weighted by molar-refractivity contribution is 0.0577. The highest BCUT2D eigenvalue weighted by molar-refractivity contribution is 14.0. The van der Waals surface area contributed by atoms with Crippen molar-refractivity contribution in [1.82, 2.24) is 25.4 Å². The molecule has 10 heteroatoms. The fourth-order valence-corrected chi connectivity index (χ4v) is 3.33. The van der Waals surface area contributed by atoms with Gasteiger partial charge in [0.25, 0.3) is 0 Å². The number of guanidine groups is 1. The summed E-state index contributed by atoms with van der Waals surface area (Å²) in [5.41, 5.74) is 2.49. The first kappa shape index (κ1) is 26.9. The van der Waals surface area contributed by atoms with Crippen LogP contribution >= 0.6 is 24.0 Å². The Morgan fingerprint density at radius 2 is 2.03 bits per heavy atom. The predicted molar refractivity (Wildman–Crippen MR) is 141 cm³/mol. The Hall–Kier alpha value is -2.37. The fraction of sp³-hybridized carbons (Fsp3) is 0.565. The molecule has 2 aromatic rings. The molecule has 1 aliphatic rings.